The molecule has 2 fully saturated rings. The molecule has 9 nitrogen and oxygen atoms in total. The number of hydrogen-bond donors (Lipinski definition) is 2. The molecule has 2 bridgehead atoms. The number of nitrogens with two attached hydrogens (primary N) is 1. The summed E-state index contributed by atoms with van der Waals surface area (Å²) >= 11 is 0. The Balaban J connectivity index is 1.48. The number of nitrogen functional groups attached to an aromatic ring is 1. The lowest BCUT2D eigenvalue weighted by Crippen LogP contribution is -2.33. The zero-order valence-electron chi connectivity index (χ0n) is 22.5. The van der Waals surface area contributed by atoms with Crippen molar-refractivity contribution in [3.8, 4) is 22.9 Å². The molecule has 3 atom stereocenters. The first-order valence-electron chi connectivity index (χ1n) is 13.5. The molecule has 2 heterocycles. The Labute approximate surface area is 233 Å². The number of hydrogen-bond acceptors (Lipinski definition) is 8. The third-order valence-corrected chi connectivity index (χ3v) is 8.56. The molecule has 0 aliphatic heterocycles. The lowest BCUT2D eigenvalue weighted by Gasteiger charge is -2.29. The molecule has 11 heteroatoms. The number of halogens is 1. The van der Waals surface area contributed by atoms with Gasteiger partial charge in [0.1, 0.15) is 29.1 Å². The van der Waals surface area contributed by atoms with Crippen LogP contribution in [0.25, 0.3) is 11.3 Å². The number of benzene rings is 1. The maximum atomic E-state index is 14.5. The van der Waals surface area contributed by atoms with Crippen LogP contribution in [0.1, 0.15) is 56.3 Å². The molecule has 1 amide bonds. The molecule has 2 aliphatic carbocycles. The summed E-state index contributed by atoms with van der Waals surface area (Å²) in [5.74, 6) is 0.238. The lowest BCUT2D eigenvalue weighted by molar-refractivity contribution is 0.0883. The van der Waals surface area contributed by atoms with Gasteiger partial charge in [0.2, 0.25) is 5.88 Å². The molecule has 0 saturated heterocycles. The second-order valence-electron chi connectivity index (χ2n) is 10.9. The standard InChI is InChI=1S/C29H33FN4O5S/c1-17(2)16-38-22-14-20(13-21(30)15-22)24-10-9-23(28(35)34-40(36,37)27-5-3-4-26(31)33-27)29(32-24)39-25-11-7-18-6-8-19(25)12-18/h3-5,9-10,13-15,17-19,25H,6-8,11-12,16H2,1-2H3,(H2,31,33)(H,34,35). The van der Waals surface area contributed by atoms with Crippen LogP contribution in [0.2, 0.25) is 0 Å². The van der Waals surface area contributed by atoms with Crippen LogP contribution >= 0.6 is 0 Å². The van der Waals surface area contributed by atoms with Gasteiger partial charge in [0.15, 0.2) is 5.03 Å². The van der Waals surface area contributed by atoms with Gasteiger partial charge in [-0.1, -0.05) is 26.3 Å². The Kier molecular flexibility index (Phi) is 7.93. The number of pyridine rings is 2. The van der Waals surface area contributed by atoms with Crippen molar-refractivity contribution in [2.24, 2.45) is 17.8 Å². The number of sulfonamides is 1. The second-order valence-corrected chi connectivity index (χ2v) is 12.6. The van der Waals surface area contributed by atoms with Gasteiger partial charge >= 0.3 is 0 Å². The van der Waals surface area contributed by atoms with Gasteiger partial charge in [0.05, 0.1) is 12.3 Å². The van der Waals surface area contributed by atoms with Crippen molar-refractivity contribution in [2.45, 2.75) is 57.1 Å². The summed E-state index contributed by atoms with van der Waals surface area (Å²) in [5, 5.41) is -0.383. The first-order chi connectivity index (χ1) is 19.1. The number of anilines is 1. The molecule has 2 saturated carbocycles. The molecule has 2 aliphatic rings. The Morgan fingerprint density at radius 3 is 2.67 bits per heavy atom. The van der Waals surface area contributed by atoms with Crippen molar-refractivity contribution < 1.29 is 27.1 Å². The number of aromatic nitrogens is 2. The fourth-order valence-electron chi connectivity index (χ4n) is 5.38. The quantitative estimate of drug-likeness (QED) is 0.369. The first-order valence-corrected chi connectivity index (χ1v) is 15.0. The van der Waals surface area contributed by atoms with Gasteiger partial charge in [-0.3, -0.25) is 4.79 Å². The summed E-state index contributed by atoms with van der Waals surface area (Å²) in [6.45, 7) is 4.41. The van der Waals surface area contributed by atoms with Gasteiger partial charge in [-0.05, 0) is 79.8 Å². The maximum absolute atomic E-state index is 14.5. The van der Waals surface area contributed by atoms with E-state index in [-0.39, 0.29) is 34.3 Å². The number of carbonyl (C=O) groups is 1. The molecule has 0 spiro atoms. The predicted molar refractivity (Wildman–Crippen MR) is 148 cm³/mol. The highest BCUT2D eigenvalue weighted by molar-refractivity contribution is 7.90. The predicted octanol–water partition coefficient (Wildman–Crippen LogP) is 4.98. The minimum Gasteiger partial charge on any atom is -0.493 e. The van der Waals surface area contributed by atoms with Crippen LogP contribution < -0.4 is 19.9 Å². The average Bonchev–Trinajstić information content (AvgIpc) is 3.30. The molecule has 40 heavy (non-hydrogen) atoms. The molecular weight excluding hydrogens is 535 g/mol. The number of fused-ring (bicyclic) bond motifs is 2. The van der Waals surface area contributed by atoms with Crippen molar-refractivity contribution in [2.75, 3.05) is 12.3 Å². The van der Waals surface area contributed by atoms with E-state index in [1.807, 2.05) is 18.6 Å². The summed E-state index contributed by atoms with van der Waals surface area (Å²) in [6.07, 6.45) is 4.94. The minimum atomic E-state index is -4.32. The number of amides is 1. The zero-order chi connectivity index (χ0) is 28.4. The van der Waals surface area contributed by atoms with Crippen molar-refractivity contribution in [1.82, 2.24) is 14.7 Å². The third kappa shape index (κ3) is 6.35. The van der Waals surface area contributed by atoms with Crippen LogP contribution in [0.3, 0.4) is 0 Å². The number of carbonyl (C=O) groups excluding carboxylic acids is 1. The zero-order valence-corrected chi connectivity index (χ0v) is 23.3. The second kappa shape index (κ2) is 11.4. The molecule has 2 aromatic heterocycles. The minimum absolute atomic E-state index is 0.00404. The fraction of sp³-hybridized carbons (Fsp3) is 0.414. The Hall–Kier alpha value is -3.73. The van der Waals surface area contributed by atoms with Crippen molar-refractivity contribution >= 4 is 21.7 Å². The summed E-state index contributed by atoms with van der Waals surface area (Å²) in [7, 11) is -4.32. The normalized spacial score (nSPS) is 20.4. The van der Waals surface area contributed by atoms with Crippen LogP contribution in [-0.4, -0.2) is 37.0 Å². The number of rotatable bonds is 9. The smallest absolute Gasteiger partial charge is 0.281 e. The maximum Gasteiger partial charge on any atom is 0.281 e. The van der Waals surface area contributed by atoms with Crippen LogP contribution in [0.15, 0.2) is 53.6 Å². The monoisotopic (exact) mass is 568 g/mol. The van der Waals surface area contributed by atoms with Gasteiger partial charge in [0.25, 0.3) is 15.9 Å². The molecule has 3 N–H and O–H groups in total. The van der Waals surface area contributed by atoms with E-state index in [2.05, 4.69) is 9.97 Å². The van der Waals surface area contributed by atoms with E-state index < -0.39 is 21.7 Å². The molecule has 5 rings (SSSR count). The van der Waals surface area contributed by atoms with E-state index in [1.54, 1.807) is 6.07 Å². The Morgan fingerprint density at radius 2 is 1.90 bits per heavy atom. The van der Waals surface area contributed by atoms with Crippen LogP contribution in [0.4, 0.5) is 10.2 Å². The largest absolute Gasteiger partial charge is 0.493 e. The van der Waals surface area contributed by atoms with Gasteiger partial charge < -0.3 is 15.2 Å². The van der Waals surface area contributed by atoms with Gasteiger partial charge in [0, 0.05) is 11.6 Å². The van der Waals surface area contributed by atoms with E-state index in [1.165, 1.54) is 42.5 Å². The van der Waals surface area contributed by atoms with Gasteiger partial charge in [-0.2, -0.15) is 8.42 Å². The summed E-state index contributed by atoms with van der Waals surface area (Å²) in [5.41, 5.74) is 6.38. The summed E-state index contributed by atoms with van der Waals surface area (Å²) in [6, 6.07) is 11.4. The number of ether oxygens (including phenoxy) is 2. The number of nitrogens with one attached hydrogen (secondary N) is 1. The summed E-state index contributed by atoms with van der Waals surface area (Å²) in [4.78, 5) is 21.7. The fourth-order valence-corrected chi connectivity index (χ4v) is 6.32. The molecule has 1 aromatic carbocycles. The third-order valence-electron chi connectivity index (χ3n) is 7.33. The van der Waals surface area contributed by atoms with Crippen LogP contribution in [0, 0.1) is 23.6 Å². The van der Waals surface area contributed by atoms with E-state index in [9.17, 15) is 17.6 Å². The molecule has 3 unspecified atom stereocenters. The highest BCUT2D eigenvalue weighted by atomic mass is 32.2. The molecule has 212 valence electrons. The average molecular weight is 569 g/mol. The van der Waals surface area contributed by atoms with Crippen molar-refractivity contribution in [3.05, 3.63) is 59.9 Å². The Bertz CT molecular complexity index is 1510. The highest BCUT2D eigenvalue weighted by Crippen LogP contribution is 2.43. The SMILES string of the molecule is CC(C)COc1cc(F)cc(-c2ccc(C(=O)NS(=O)(=O)c3cccc(N)n3)c(OC3CCC4CCC3C4)n2)c1. The molecular formula is C29H33FN4O5S. The van der Waals surface area contributed by atoms with E-state index in [0.29, 0.717) is 35.4 Å². The Morgan fingerprint density at radius 1 is 1.10 bits per heavy atom. The number of nitrogens with zero attached hydrogens (tertiary/aromatic N) is 2. The molecule has 3 aromatic rings. The van der Waals surface area contributed by atoms with E-state index >= 15 is 0 Å². The summed E-state index contributed by atoms with van der Waals surface area (Å²) < 4.78 is 54.4. The van der Waals surface area contributed by atoms with E-state index in [4.69, 9.17) is 15.2 Å². The van der Waals surface area contributed by atoms with Crippen molar-refractivity contribution in [3.63, 3.8) is 0 Å². The topological polar surface area (TPSA) is 134 Å². The first kappa shape index (κ1) is 27.8. The van der Waals surface area contributed by atoms with Crippen LogP contribution in [-0.2, 0) is 10.0 Å². The highest BCUT2D eigenvalue weighted by Gasteiger charge is 2.38. The molecule has 0 radical (unpaired) electrons. The van der Waals surface area contributed by atoms with Gasteiger partial charge in [-0.25, -0.2) is 19.1 Å². The van der Waals surface area contributed by atoms with E-state index in [0.717, 1.165) is 32.1 Å². The van der Waals surface area contributed by atoms with Crippen molar-refractivity contribution in [1.29, 1.82) is 0 Å². The lowest BCUT2D eigenvalue weighted by atomic mass is 9.87. The van der Waals surface area contributed by atoms with Gasteiger partial charge in [-0.15, -0.1) is 0 Å². The van der Waals surface area contributed by atoms with Crippen LogP contribution in [0.5, 0.6) is 11.6 Å².